The van der Waals surface area contributed by atoms with Gasteiger partial charge in [-0.05, 0) is 41.7 Å². The molecule has 170 valence electrons. The van der Waals surface area contributed by atoms with Crippen molar-refractivity contribution in [3.05, 3.63) is 94.5 Å². The number of carboxylic acid groups (broad SMARTS) is 1. The van der Waals surface area contributed by atoms with Gasteiger partial charge in [-0.15, -0.1) is 0 Å². The third-order valence-corrected chi connectivity index (χ3v) is 6.18. The molecule has 0 aliphatic carbocycles. The fourth-order valence-electron chi connectivity index (χ4n) is 4.39. The standard InChI is InChI=1S/C25H19ClF3NO3/c26-19-12-5-4-9-17(19)20-13-14-21(24(32)33)30(20)23(31)22-16(15-7-2-1-3-8-15)10-6-11-18(22)25(27,28)29/h1-12,20-21H,13-14H2,(H,32,33). The van der Waals surface area contributed by atoms with Crippen LogP contribution in [0, 0.1) is 0 Å². The Morgan fingerprint density at radius 2 is 1.58 bits per heavy atom. The molecule has 0 spiro atoms. The minimum atomic E-state index is -4.81. The highest BCUT2D eigenvalue weighted by Gasteiger charge is 2.46. The number of rotatable bonds is 4. The second-order valence-corrected chi connectivity index (χ2v) is 8.18. The van der Waals surface area contributed by atoms with Crippen molar-refractivity contribution in [3.8, 4) is 11.1 Å². The van der Waals surface area contributed by atoms with E-state index in [0.717, 1.165) is 11.0 Å². The average Bonchev–Trinajstić information content (AvgIpc) is 3.23. The van der Waals surface area contributed by atoms with Gasteiger partial charge in [0.15, 0.2) is 0 Å². The Kier molecular flexibility index (Phi) is 6.17. The predicted octanol–water partition coefficient (Wildman–Crippen LogP) is 6.46. The van der Waals surface area contributed by atoms with Crippen molar-refractivity contribution in [2.24, 2.45) is 0 Å². The maximum Gasteiger partial charge on any atom is 0.417 e. The lowest BCUT2D eigenvalue weighted by atomic mass is 9.93. The Bertz CT molecular complexity index is 1200. The van der Waals surface area contributed by atoms with Gasteiger partial charge in [0.25, 0.3) is 5.91 Å². The lowest BCUT2D eigenvalue weighted by Gasteiger charge is -2.31. The van der Waals surface area contributed by atoms with Crippen molar-refractivity contribution < 1.29 is 27.9 Å². The molecular weight excluding hydrogens is 455 g/mol. The van der Waals surface area contributed by atoms with Crippen LogP contribution in [-0.2, 0) is 11.0 Å². The Hall–Kier alpha value is -3.32. The summed E-state index contributed by atoms with van der Waals surface area (Å²) in [6, 6.07) is 16.4. The average molecular weight is 474 g/mol. The Balaban J connectivity index is 1.92. The molecule has 3 aromatic carbocycles. The van der Waals surface area contributed by atoms with E-state index in [1.54, 1.807) is 54.6 Å². The van der Waals surface area contributed by atoms with E-state index in [4.69, 9.17) is 11.6 Å². The second-order valence-electron chi connectivity index (χ2n) is 7.77. The zero-order valence-corrected chi connectivity index (χ0v) is 18.0. The molecule has 2 unspecified atom stereocenters. The van der Waals surface area contributed by atoms with Gasteiger partial charge in [-0.3, -0.25) is 4.79 Å². The maximum atomic E-state index is 14.0. The third kappa shape index (κ3) is 4.33. The highest BCUT2D eigenvalue weighted by Crippen LogP contribution is 2.43. The quantitative estimate of drug-likeness (QED) is 0.473. The number of aliphatic carboxylic acids is 1. The molecule has 4 nitrogen and oxygen atoms in total. The summed E-state index contributed by atoms with van der Waals surface area (Å²) in [6.45, 7) is 0. The normalized spacial score (nSPS) is 18.4. The van der Waals surface area contributed by atoms with Crippen LogP contribution in [0.4, 0.5) is 13.2 Å². The number of likely N-dealkylation sites (tertiary alicyclic amines) is 1. The van der Waals surface area contributed by atoms with E-state index in [2.05, 4.69) is 0 Å². The van der Waals surface area contributed by atoms with Crippen molar-refractivity contribution in [1.29, 1.82) is 0 Å². The molecule has 1 amide bonds. The summed E-state index contributed by atoms with van der Waals surface area (Å²) in [5.74, 6) is -2.26. The van der Waals surface area contributed by atoms with E-state index >= 15 is 0 Å². The predicted molar refractivity (Wildman–Crippen MR) is 118 cm³/mol. The highest BCUT2D eigenvalue weighted by atomic mass is 35.5. The van der Waals surface area contributed by atoms with Crippen LogP contribution in [-0.4, -0.2) is 27.9 Å². The number of nitrogens with zero attached hydrogens (tertiary/aromatic N) is 1. The van der Waals surface area contributed by atoms with Gasteiger partial charge in [0, 0.05) is 5.02 Å². The summed E-state index contributed by atoms with van der Waals surface area (Å²) in [7, 11) is 0. The summed E-state index contributed by atoms with van der Waals surface area (Å²) in [4.78, 5) is 26.9. The highest BCUT2D eigenvalue weighted by molar-refractivity contribution is 6.31. The first-order valence-electron chi connectivity index (χ1n) is 10.3. The number of alkyl halides is 3. The number of hydrogen-bond acceptors (Lipinski definition) is 2. The summed E-state index contributed by atoms with van der Waals surface area (Å²) < 4.78 is 42.1. The molecule has 1 saturated heterocycles. The smallest absolute Gasteiger partial charge is 0.417 e. The van der Waals surface area contributed by atoms with Gasteiger partial charge in [0.05, 0.1) is 17.2 Å². The topological polar surface area (TPSA) is 57.6 Å². The molecule has 1 aliphatic heterocycles. The second kappa shape index (κ2) is 8.90. The molecule has 1 fully saturated rings. The summed E-state index contributed by atoms with van der Waals surface area (Å²) in [6.07, 6.45) is -4.44. The fraction of sp³-hybridized carbons (Fsp3) is 0.200. The van der Waals surface area contributed by atoms with Crippen LogP contribution in [0.1, 0.15) is 40.4 Å². The SMILES string of the molecule is O=C(O)C1CCC(c2ccccc2Cl)N1C(=O)c1c(-c2ccccc2)cccc1C(F)(F)F. The van der Waals surface area contributed by atoms with Crippen LogP contribution >= 0.6 is 11.6 Å². The number of amides is 1. The van der Waals surface area contributed by atoms with Gasteiger partial charge in [-0.1, -0.05) is 72.3 Å². The monoisotopic (exact) mass is 473 g/mol. The lowest BCUT2D eigenvalue weighted by molar-refractivity contribution is -0.141. The molecule has 3 aromatic rings. The lowest BCUT2D eigenvalue weighted by Crippen LogP contribution is -2.42. The van der Waals surface area contributed by atoms with E-state index in [0.29, 0.717) is 16.1 Å². The molecule has 0 saturated carbocycles. The molecular formula is C25H19ClF3NO3. The molecule has 1 heterocycles. The van der Waals surface area contributed by atoms with E-state index in [-0.39, 0.29) is 18.4 Å². The van der Waals surface area contributed by atoms with E-state index in [9.17, 15) is 27.9 Å². The molecule has 0 aromatic heterocycles. The van der Waals surface area contributed by atoms with Gasteiger partial charge in [0.2, 0.25) is 0 Å². The van der Waals surface area contributed by atoms with Crippen LogP contribution < -0.4 is 0 Å². The number of halogens is 4. The number of benzene rings is 3. The molecule has 8 heteroatoms. The largest absolute Gasteiger partial charge is 0.480 e. The first-order chi connectivity index (χ1) is 15.7. The first kappa shape index (κ1) is 22.9. The van der Waals surface area contributed by atoms with Crippen molar-refractivity contribution >= 4 is 23.5 Å². The third-order valence-electron chi connectivity index (χ3n) is 5.84. The number of carboxylic acids is 1. The number of carbonyl (C=O) groups excluding carboxylic acids is 1. The van der Waals surface area contributed by atoms with Gasteiger partial charge >= 0.3 is 12.1 Å². The Labute approximate surface area is 193 Å². The maximum absolute atomic E-state index is 14.0. The minimum absolute atomic E-state index is 0.0874. The van der Waals surface area contributed by atoms with Crippen molar-refractivity contribution in [2.75, 3.05) is 0 Å². The molecule has 1 N–H and O–H groups in total. The van der Waals surface area contributed by atoms with Gasteiger partial charge in [-0.2, -0.15) is 13.2 Å². The van der Waals surface area contributed by atoms with Crippen LogP contribution in [0.5, 0.6) is 0 Å². The van der Waals surface area contributed by atoms with Crippen LogP contribution in [0.15, 0.2) is 72.8 Å². The Morgan fingerprint density at radius 3 is 2.21 bits per heavy atom. The summed E-state index contributed by atoms with van der Waals surface area (Å²) in [5, 5.41) is 10.1. The Morgan fingerprint density at radius 1 is 0.909 bits per heavy atom. The van der Waals surface area contributed by atoms with Crippen molar-refractivity contribution in [1.82, 2.24) is 4.90 Å². The molecule has 33 heavy (non-hydrogen) atoms. The van der Waals surface area contributed by atoms with Gasteiger partial charge < -0.3 is 10.0 Å². The fourth-order valence-corrected chi connectivity index (χ4v) is 4.66. The zero-order chi connectivity index (χ0) is 23.8. The van der Waals surface area contributed by atoms with Crippen molar-refractivity contribution in [2.45, 2.75) is 31.1 Å². The van der Waals surface area contributed by atoms with Crippen LogP contribution in [0.3, 0.4) is 0 Å². The van der Waals surface area contributed by atoms with E-state index in [1.165, 1.54) is 12.1 Å². The molecule has 0 radical (unpaired) electrons. The van der Waals surface area contributed by atoms with Crippen LogP contribution in [0.25, 0.3) is 11.1 Å². The minimum Gasteiger partial charge on any atom is -0.480 e. The van der Waals surface area contributed by atoms with Crippen LogP contribution in [0.2, 0.25) is 5.02 Å². The van der Waals surface area contributed by atoms with Gasteiger partial charge in [0.1, 0.15) is 6.04 Å². The zero-order valence-electron chi connectivity index (χ0n) is 17.2. The van der Waals surface area contributed by atoms with Gasteiger partial charge in [-0.25, -0.2) is 4.79 Å². The van der Waals surface area contributed by atoms with E-state index in [1.807, 2.05) is 0 Å². The first-order valence-corrected chi connectivity index (χ1v) is 10.6. The molecule has 1 aliphatic rings. The van der Waals surface area contributed by atoms with E-state index < -0.39 is 41.3 Å². The number of carbonyl (C=O) groups is 2. The summed E-state index contributed by atoms with van der Waals surface area (Å²) in [5.41, 5.74) is -0.664. The number of hydrogen-bond donors (Lipinski definition) is 1. The molecule has 0 bridgehead atoms. The molecule has 2 atom stereocenters. The molecule has 4 rings (SSSR count). The summed E-state index contributed by atoms with van der Waals surface area (Å²) >= 11 is 6.31. The van der Waals surface area contributed by atoms with Crippen molar-refractivity contribution in [3.63, 3.8) is 0 Å².